The molecule has 1 heterocycles. The van der Waals surface area contributed by atoms with E-state index < -0.39 is 0 Å². The van der Waals surface area contributed by atoms with Crippen LogP contribution in [-0.4, -0.2) is 49.7 Å². The van der Waals surface area contributed by atoms with E-state index in [4.69, 9.17) is 4.74 Å². The third kappa shape index (κ3) is 4.63. The number of urea groups is 1. The molecule has 1 saturated heterocycles. The lowest BCUT2D eigenvalue weighted by atomic mass is 10.1. The summed E-state index contributed by atoms with van der Waals surface area (Å²) in [7, 11) is 0. The molecule has 0 aromatic heterocycles. The van der Waals surface area contributed by atoms with Crippen LogP contribution in [0.4, 0.5) is 16.2 Å². The summed E-state index contributed by atoms with van der Waals surface area (Å²) in [6, 6.07) is 13.3. The monoisotopic (exact) mass is 381 g/mol. The number of esters is 1. The summed E-state index contributed by atoms with van der Waals surface area (Å²) >= 11 is 0. The van der Waals surface area contributed by atoms with Crippen molar-refractivity contribution in [2.75, 3.05) is 43.0 Å². The van der Waals surface area contributed by atoms with E-state index in [1.165, 1.54) is 5.56 Å². The predicted octanol–water partition coefficient (Wildman–Crippen LogP) is 3.83. The predicted molar refractivity (Wildman–Crippen MR) is 111 cm³/mol. The van der Waals surface area contributed by atoms with Crippen molar-refractivity contribution in [3.63, 3.8) is 0 Å². The molecule has 3 rings (SSSR count). The Balaban J connectivity index is 1.54. The molecule has 2 aromatic carbocycles. The topological polar surface area (TPSA) is 61.9 Å². The van der Waals surface area contributed by atoms with Gasteiger partial charge in [-0.15, -0.1) is 0 Å². The molecule has 1 aliphatic heterocycles. The zero-order valence-electron chi connectivity index (χ0n) is 16.7. The van der Waals surface area contributed by atoms with Crippen molar-refractivity contribution in [1.82, 2.24) is 4.90 Å². The molecule has 148 valence electrons. The molecule has 0 atom stereocenters. The van der Waals surface area contributed by atoms with Crippen LogP contribution in [0.5, 0.6) is 0 Å². The number of carbonyl (C=O) groups is 2. The first-order valence-electron chi connectivity index (χ1n) is 9.63. The number of piperazine rings is 1. The highest BCUT2D eigenvalue weighted by Gasteiger charge is 2.21. The summed E-state index contributed by atoms with van der Waals surface area (Å²) in [5.41, 5.74) is 4.79. The van der Waals surface area contributed by atoms with Crippen LogP contribution >= 0.6 is 0 Å². The van der Waals surface area contributed by atoms with Crippen LogP contribution in [0.25, 0.3) is 0 Å². The van der Waals surface area contributed by atoms with Crippen molar-refractivity contribution in [2.24, 2.45) is 0 Å². The second-order valence-corrected chi connectivity index (χ2v) is 6.97. The summed E-state index contributed by atoms with van der Waals surface area (Å²) in [6.07, 6.45) is 0. The average Bonchev–Trinajstić information content (AvgIpc) is 2.71. The smallest absolute Gasteiger partial charge is 0.338 e. The summed E-state index contributed by atoms with van der Waals surface area (Å²) < 4.78 is 5.01. The van der Waals surface area contributed by atoms with Gasteiger partial charge in [-0.25, -0.2) is 9.59 Å². The number of carbonyl (C=O) groups excluding carboxylic acids is 2. The number of hydrogen-bond acceptors (Lipinski definition) is 4. The van der Waals surface area contributed by atoms with Crippen molar-refractivity contribution >= 4 is 23.4 Å². The third-order valence-electron chi connectivity index (χ3n) is 5.07. The normalized spacial score (nSPS) is 14.0. The van der Waals surface area contributed by atoms with Crippen LogP contribution in [0.1, 0.15) is 28.4 Å². The molecule has 0 unspecified atom stereocenters. The number of nitrogens with one attached hydrogen (secondary N) is 1. The molecule has 0 radical (unpaired) electrons. The average molecular weight is 381 g/mol. The number of aryl methyl sites for hydroxylation is 2. The molecule has 2 amide bonds. The molecule has 0 bridgehead atoms. The van der Waals surface area contributed by atoms with Gasteiger partial charge in [-0.05, 0) is 68.3 Å². The lowest BCUT2D eigenvalue weighted by molar-refractivity contribution is 0.0526. The SMILES string of the molecule is CCOC(=O)c1ccc(N2CCN(C(=O)Nc3ccc(C)c(C)c3)CC2)cc1. The van der Waals surface area contributed by atoms with Gasteiger partial charge in [-0.2, -0.15) is 0 Å². The first-order valence-corrected chi connectivity index (χ1v) is 9.63. The number of benzene rings is 2. The molecule has 6 heteroatoms. The van der Waals surface area contributed by atoms with E-state index in [0.29, 0.717) is 25.3 Å². The van der Waals surface area contributed by atoms with E-state index in [1.54, 1.807) is 19.1 Å². The Labute approximate surface area is 166 Å². The van der Waals surface area contributed by atoms with Crippen molar-refractivity contribution in [3.8, 4) is 0 Å². The number of rotatable bonds is 4. The molecular formula is C22H27N3O3. The van der Waals surface area contributed by atoms with E-state index >= 15 is 0 Å². The first-order chi connectivity index (χ1) is 13.5. The van der Waals surface area contributed by atoms with Gasteiger partial charge in [0, 0.05) is 37.6 Å². The highest BCUT2D eigenvalue weighted by Crippen LogP contribution is 2.19. The zero-order valence-corrected chi connectivity index (χ0v) is 16.7. The van der Waals surface area contributed by atoms with Gasteiger partial charge < -0.3 is 19.9 Å². The van der Waals surface area contributed by atoms with Crippen molar-refractivity contribution in [1.29, 1.82) is 0 Å². The van der Waals surface area contributed by atoms with Crippen LogP contribution in [-0.2, 0) is 4.74 Å². The molecule has 0 spiro atoms. The van der Waals surface area contributed by atoms with Crippen LogP contribution < -0.4 is 10.2 Å². The van der Waals surface area contributed by atoms with Gasteiger partial charge in [0.2, 0.25) is 0 Å². The number of anilines is 2. The molecule has 28 heavy (non-hydrogen) atoms. The van der Waals surface area contributed by atoms with E-state index in [0.717, 1.165) is 30.0 Å². The Morgan fingerprint density at radius 2 is 1.64 bits per heavy atom. The summed E-state index contributed by atoms with van der Waals surface area (Å²) in [5, 5.41) is 2.98. The van der Waals surface area contributed by atoms with Crippen LogP contribution in [0.3, 0.4) is 0 Å². The van der Waals surface area contributed by atoms with Crippen LogP contribution in [0, 0.1) is 13.8 Å². The molecule has 2 aromatic rings. The van der Waals surface area contributed by atoms with Gasteiger partial charge >= 0.3 is 12.0 Å². The van der Waals surface area contributed by atoms with Gasteiger partial charge in [0.15, 0.2) is 0 Å². The maximum Gasteiger partial charge on any atom is 0.338 e. The summed E-state index contributed by atoms with van der Waals surface area (Å²) in [4.78, 5) is 28.3. The van der Waals surface area contributed by atoms with Crippen LogP contribution in [0.2, 0.25) is 0 Å². The lowest BCUT2D eigenvalue weighted by Crippen LogP contribution is -2.50. The van der Waals surface area contributed by atoms with E-state index in [9.17, 15) is 9.59 Å². The Hall–Kier alpha value is -3.02. The minimum Gasteiger partial charge on any atom is -0.462 e. The fourth-order valence-electron chi connectivity index (χ4n) is 3.21. The van der Waals surface area contributed by atoms with E-state index in [-0.39, 0.29) is 12.0 Å². The number of amides is 2. The van der Waals surface area contributed by atoms with Gasteiger partial charge in [0.25, 0.3) is 0 Å². The van der Waals surface area contributed by atoms with Crippen molar-refractivity contribution in [2.45, 2.75) is 20.8 Å². The minimum atomic E-state index is -0.304. The van der Waals surface area contributed by atoms with Gasteiger partial charge in [0.05, 0.1) is 12.2 Å². The Bertz CT molecular complexity index is 841. The number of nitrogens with zero attached hydrogens (tertiary/aromatic N) is 2. The molecule has 0 saturated carbocycles. The second kappa shape index (κ2) is 8.78. The summed E-state index contributed by atoms with van der Waals surface area (Å²) in [5.74, 6) is -0.304. The Morgan fingerprint density at radius 1 is 0.964 bits per heavy atom. The number of hydrogen-bond donors (Lipinski definition) is 1. The third-order valence-corrected chi connectivity index (χ3v) is 5.07. The van der Waals surface area contributed by atoms with Crippen molar-refractivity contribution < 1.29 is 14.3 Å². The second-order valence-electron chi connectivity index (χ2n) is 6.97. The van der Waals surface area contributed by atoms with Gasteiger partial charge in [-0.1, -0.05) is 6.07 Å². The van der Waals surface area contributed by atoms with Crippen molar-refractivity contribution in [3.05, 3.63) is 59.2 Å². The van der Waals surface area contributed by atoms with Gasteiger partial charge in [0.1, 0.15) is 0 Å². The number of ether oxygens (including phenoxy) is 1. The molecule has 1 fully saturated rings. The van der Waals surface area contributed by atoms with E-state index in [1.807, 2.05) is 42.2 Å². The van der Waals surface area contributed by atoms with Gasteiger partial charge in [-0.3, -0.25) is 0 Å². The fourth-order valence-corrected chi connectivity index (χ4v) is 3.21. The first kappa shape index (κ1) is 19.7. The van der Waals surface area contributed by atoms with Crippen LogP contribution in [0.15, 0.2) is 42.5 Å². The summed E-state index contributed by atoms with van der Waals surface area (Å²) in [6.45, 7) is 9.05. The highest BCUT2D eigenvalue weighted by molar-refractivity contribution is 5.90. The lowest BCUT2D eigenvalue weighted by Gasteiger charge is -2.36. The standard InChI is InChI=1S/C22H27N3O3/c1-4-28-21(26)18-6-9-20(10-7-18)24-11-13-25(14-12-24)22(27)23-19-8-5-16(2)17(3)15-19/h5-10,15H,4,11-14H2,1-3H3,(H,23,27). The molecule has 1 aliphatic rings. The largest absolute Gasteiger partial charge is 0.462 e. The maximum absolute atomic E-state index is 12.5. The molecule has 1 N–H and O–H groups in total. The highest BCUT2D eigenvalue weighted by atomic mass is 16.5. The Kier molecular flexibility index (Phi) is 6.19. The van der Waals surface area contributed by atoms with E-state index in [2.05, 4.69) is 17.1 Å². The molecule has 0 aliphatic carbocycles. The fraction of sp³-hybridized carbons (Fsp3) is 0.364. The minimum absolute atomic E-state index is 0.0689. The molecular weight excluding hydrogens is 354 g/mol. The Morgan fingerprint density at radius 3 is 2.25 bits per heavy atom. The maximum atomic E-state index is 12.5. The molecule has 6 nitrogen and oxygen atoms in total. The zero-order chi connectivity index (χ0) is 20.1. The quantitative estimate of drug-likeness (QED) is 0.818.